The van der Waals surface area contributed by atoms with Crippen molar-refractivity contribution in [2.24, 2.45) is 0 Å². The number of benzene rings is 2. The minimum Gasteiger partial charge on any atom is -0.497 e. The Kier molecular flexibility index (Phi) is 4.70. The third kappa shape index (κ3) is 4.68. The second-order valence-corrected chi connectivity index (χ2v) is 6.37. The standard InChI is InChI=1S/C15H18N2O3S/c1-20-13-9-7-12(8-10-13)11-16-14-5-3-4-6-15(14)17-21(2,18)19/h3-10,16-17H,11H2,1-2H3. The van der Waals surface area contributed by atoms with Crippen molar-refractivity contribution >= 4 is 21.4 Å². The largest absolute Gasteiger partial charge is 0.497 e. The van der Waals surface area contributed by atoms with Crippen LogP contribution in [-0.2, 0) is 16.6 Å². The molecule has 6 heteroatoms. The van der Waals surface area contributed by atoms with Crippen LogP contribution >= 0.6 is 0 Å². The van der Waals surface area contributed by atoms with E-state index in [4.69, 9.17) is 4.74 Å². The molecule has 0 saturated carbocycles. The summed E-state index contributed by atoms with van der Waals surface area (Å²) in [6.07, 6.45) is 1.13. The zero-order chi connectivity index (χ0) is 15.3. The number of hydrogen-bond donors (Lipinski definition) is 2. The molecule has 0 unspecified atom stereocenters. The van der Waals surface area contributed by atoms with Crippen LogP contribution in [0.2, 0.25) is 0 Å². The lowest BCUT2D eigenvalue weighted by Crippen LogP contribution is -2.11. The first kappa shape index (κ1) is 15.2. The summed E-state index contributed by atoms with van der Waals surface area (Å²) in [6.45, 7) is 0.590. The van der Waals surface area contributed by atoms with Crippen LogP contribution in [-0.4, -0.2) is 21.8 Å². The fourth-order valence-corrected chi connectivity index (χ4v) is 2.44. The topological polar surface area (TPSA) is 67.4 Å². The monoisotopic (exact) mass is 306 g/mol. The van der Waals surface area contributed by atoms with Gasteiger partial charge in [-0.2, -0.15) is 0 Å². The summed E-state index contributed by atoms with van der Waals surface area (Å²) in [5.41, 5.74) is 2.34. The second kappa shape index (κ2) is 6.49. The summed E-state index contributed by atoms with van der Waals surface area (Å²) >= 11 is 0. The van der Waals surface area contributed by atoms with Crippen LogP contribution in [0.15, 0.2) is 48.5 Å². The lowest BCUT2D eigenvalue weighted by molar-refractivity contribution is 0.414. The van der Waals surface area contributed by atoms with Gasteiger partial charge in [0.15, 0.2) is 0 Å². The summed E-state index contributed by atoms with van der Waals surface area (Å²) < 4.78 is 30.3. The highest BCUT2D eigenvalue weighted by Crippen LogP contribution is 2.23. The third-order valence-corrected chi connectivity index (χ3v) is 3.46. The predicted octanol–water partition coefficient (Wildman–Crippen LogP) is 2.68. The molecule has 0 aliphatic carbocycles. The smallest absolute Gasteiger partial charge is 0.229 e. The van der Waals surface area contributed by atoms with Gasteiger partial charge in [-0.3, -0.25) is 4.72 Å². The fraction of sp³-hybridized carbons (Fsp3) is 0.200. The molecule has 0 aliphatic heterocycles. The van der Waals surface area contributed by atoms with Crippen LogP contribution in [0.25, 0.3) is 0 Å². The molecule has 0 amide bonds. The number of nitrogens with one attached hydrogen (secondary N) is 2. The number of ether oxygens (including phenoxy) is 1. The van der Waals surface area contributed by atoms with Crippen molar-refractivity contribution in [1.29, 1.82) is 0 Å². The van der Waals surface area contributed by atoms with Gasteiger partial charge in [-0.05, 0) is 29.8 Å². The van der Waals surface area contributed by atoms with E-state index < -0.39 is 10.0 Å². The molecular weight excluding hydrogens is 288 g/mol. The number of methoxy groups -OCH3 is 1. The minimum atomic E-state index is -3.30. The van der Waals surface area contributed by atoms with Crippen LogP contribution in [0.1, 0.15) is 5.56 Å². The lowest BCUT2D eigenvalue weighted by Gasteiger charge is -2.13. The van der Waals surface area contributed by atoms with Crippen LogP contribution < -0.4 is 14.8 Å². The molecule has 2 aromatic carbocycles. The number of hydrogen-bond acceptors (Lipinski definition) is 4. The van der Waals surface area contributed by atoms with Gasteiger partial charge in [-0.1, -0.05) is 24.3 Å². The second-order valence-electron chi connectivity index (χ2n) is 4.62. The van der Waals surface area contributed by atoms with Crippen molar-refractivity contribution in [2.45, 2.75) is 6.54 Å². The van der Waals surface area contributed by atoms with Crippen molar-refractivity contribution < 1.29 is 13.2 Å². The minimum absolute atomic E-state index is 0.536. The Balaban J connectivity index is 2.08. The molecule has 0 spiro atoms. The van der Waals surface area contributed by atoms with Gasteiger partial charge in [0.05, 0.1) is 24.7 Å². The molecule has 0 fully saturated rings. The zero-order valence-corrected chi connectivity index (χ0v) is 12.8. The van der Waals surface area contributed by atoms with Gasteiger partial charge in [0.1, 0.15) is 5.75 Å². The van der Waals surface area contributed by atoms with E-state index in [1.807, 2.05) is 36.4 Å². The summed E-state index contributed by atoms with van der Waals surface area (Å²) in [6, 6.07) is 14.9. The Bertz CT molecular complexity index is 697. The van der Waals surface area contributed by atoms with Crippen molar-refractivity contribution in [3.8, 4) is 5.75 Å². The van der Waals surface area contributed by atoms with Crippen molar-refractivity contribution in [2.75, 3.05) is 23.4 Å². The highest BCUT2D eigenvalue weighted by molar-refractivity contribution is 7.92. The van der Waals surface area contributed by atoms with Gasteiger partial charge < -0.3 is 10.1 Å². The van der Waals surface area contributed by atoms with Gasteiger partial charge in [0, 0.05) is 6.54 Å². The normalized spacial score (nSPS) is 11.0. The third-order valence-electron chi connectivity index (χ3n) is 2.86. The van der Waals surface area contributed by atoms with E-state index in [0.717, 1.165) is 23.3 Å². The Labute approximate surface area is 125 Å². The van der Waals surface area contributed by atoms with Crippen molar-refractivity contribution in [3.05, 3.63) is 54.1 Å². The highest BCUT2D eigenvalue weighted by Gasteiger charge is 2.06. The first-order chi connectivity index (χ1) is 9.98. The fourth-order valence-electron chi connectivity index (χ4n) is 1.87. The van der Waals surface area contributed by atoms with E-state index in [1.54, 1.807) is 19.2 Å². The number of rotatable bonds is 6. The molecule has 0 bridgehead atoms. The maximum Gasteiger partial charge on any atom is 0.229 e. The van der Waals surface area contributed by atoms with Gasteiger partial charge in [0.2, 0.25) is 10.0 Å². The molecular formula is C15H18N2O3S. The van der Waals surface area contributed by atoms with Crippen molar-refractivity contribution in [1.82, 2.24) is 0 Å². The Morgan fingerprint density at radius 1 is 1.00 bits per heavy atom. The highest BCUT2D eigenvalue weighted by atomic mass is 32.2. The Morgan fingerprint density at radius 3 is 2.19 bits per heavy atom. The van der Waals surface area contributed by atoms with Crippen LogP contribution in [0.4, 0.5) is 11.4 Å². The van der Waals surface area contributed by atoms with E-state index in [-0.39, 0.29) is 0 Å². The Hall–Kier alpha value is -2.21. The summed E-state index contributed by atoms with van der Waals surface area (Å²) in [7, 11) is -1.67. The number of anilines is 2. The quantitative estimate of drug-likeness (QED) is 0.861. The molecule has 2 rings (SSSR count). The first-order valence-electron chi connectivity index (χ1n) is 6.41. The molecule has 2 aromatic rings. The molecule has 0 aliphatic rings. The number of sulfonamides is 1. The van der Waals surface area contributed by atoms with Crippen LogP contribution in [0.3, 0.4) is 0 Å². The van der Waals surface area contributed by atoms with Crippen LogP contribution in [0.5, 0.6) is 5.75 Å². The molecule has 0 atom stereocenters. The molecule has 5 nitrogen and oxygen atoms in total. The van der Waals surface area contributed by atoms with E-state index in [0.29, 0.717) is 12.2 Å². The average molecular weight is 306 g/mol. The molecule has 21 heavy (non-hydrogen) atoms. The summed E-state index contributed by atoms with van der Waals surface area (Å²) in [4.78, 5) is 0. The first-order valence-corrected chi connectivity index (χ1v) is 8.31. The summed E-state index contributed by atoms with van der Waals surface area (Å²) in [5, 5.41) is 3.22. The van der Waals surface area contributed by atoms with Gasteiger partial charge >= 0.3 is 0 Å². The SMILES string of the molecule is COc1ccc(CNc2ccccc2NS(C)(=O)=O)cc1. The van der Waals surface area contributed by atoms with E-state index in [1.165, 1.54) is 0 Å². The molecule has 2 N–H and O–H groups in total. The van der Waals surface area contributed by atoms with Gasteiger partial charge in [0.25, 0.3) is 0 Å². The van der Waals surface area contributed by atoms with E-state index >= 15 is 0 Å². The average Bonchev–Trinajstić information content (AvgIpc) is 2.45. The summed E-state index contributed by atoms with van der Waals surface area (Å²) in [5.74, 6) is 0.804. The van der Waals surface area contributed by atoms with E-state index in [9.17, 15) is 8.42 Å². The molecule has 0 saturated heterocycles. The molecule has 0 aromatic heterocycles. The Morgan fingerprint density at radius 2 is 1.62 bits per heavy atom. The molecule has 0 radical (unpaired) electrons. The number of para-hydroxylation sites is 2. The van der Waals surface area contributed by atoms with Gasteiger partial charge in [-0.25, -0.2) is 8.42 Å². The molecule has 112 valence electrons. The van der Waals surface area contributed by atoms with Crippen molar-refractivity contribution in [3.63, 3.8) is 0 Å². The van der Waals surface area contributed by atoms with Crippen LogP contribution in [0, 0.1) is 0 Å². The zero-order valence-electron chi connectivity index (χ0n) is 12.0. The maximum absolute atomic E-state index is 11.3. The van der Waals surface area contributed by atoms with E-state index in [2.05, 4.69) is 10.0 Å². The lowest BCUT2D eigenvalue weighted by atomic mass is 10.2. The molecule has 0 heterocycles. The predicted molar refractivity (Wildman–Crippen MR) is 85.2 cm³/mol. The maximum atomic E-state index is 11.3. The van der Waals surface area contributed by atoms with Gasteiger partial charge in [-0.15, -0.1) is 0 Å².